The van der Waals surface area contributed by atoms with E-state index in [0.29, 0.717) is 0 Å². The SMILES string of the molecule is CC1=CC=CC(C)([N+]#N)N1.[Cl][Ti]([C]1=CC=CC1)[C]1=CC=CC1.[W]. The van der Waals surface area contributed by atoms with E-state index in [-0.39, 0.29) is 21.1 Å². The molecule has 0 saturated heterocycles. The van der Waals surface area contributed by atoms with E-state index >= 15 is 0 Å². The molecule has 0 bridgehead atoms. The molecule has 23 heavy (non-hydrogen) atoms. The van der Waals surface area contributed by atoms with Crippen LogP contribution in [-0.4, -0.2) is 5.66 Å². The third kappa shape index (κ3) is 6.05. The Morgan fingerprint density at radius 1 is 1.13 bits per heavy atom. The zero-order chi connectivity index (χ0) is 16.0. The maximum atomic E-state index is 8.55. The van der Waals surface area contributed by atoms with Crippen molar-refractivity contribution in [3.05, 3.63) is 73.1 Å². The van der Waals surface area contributed by atoms with Gasteiger partial charge in [-0.15, -0.1) is 0 Å². The van der Waals surface area contributed by atoms with Crippen LogP contribution < -0.4 is 5.32 Å². The van der Waals surface area contributed by atoms with E-state index in [9.17, 15) is 0 Å². The standard InChI is InChI=1S/C7H10N3.2C5H5.ClH.Ti.W/c1-6-4-3-5-7(2,9-6)10-8;2*1-2-4-5-3-1;;;/h3-5,9H,1-2H3;2*1-3H,4H2;1H;;/q+1;;;;+1;/p-1. The van der Waals surface area contributed by atoms with Crippen LogP contribution in [0.15, 0.2) is 68.1 Å². The van der Waals surface area contributed by atoms with Crippen LogP contribution in [0.25, 0.3) is 4.98 Å². The van der Waals surface area contributed by atoms with Gasteiger partial charge in [0.05, 0.1) is 0 Å². The average Bonchev–Trinajstić information content (AvgIpc) is 3.20. The van der Waals surface area contributed by atoms with Crippen molar-refractivity contribution in [3.63, 3.8) is 0 Å². The van der Waals surface area contributed by atoms with Crippen molar-refractivity contribution < 1.29 is 37.9 Å². The van der Waals surface area contributed by atoms with Crippen molar-refractivity contribution in [1.82, 2.24) is 5.32 Å². The topological polar surface area (TPSA) is 40.2 Å². The zero-order valence-electron chi connectivity index (χ0n) is 13.3. The number of hydrogen-bond donors (Lipinski definition) is 1. The molecule has 119 valence electrons. The van der Waals surface area contributed by atoms with Gasteiger partial charge in [-0.3, -0.25) is 0 Å². The predicted octanol–water partition coefficient (Wildman–Crippen LogP) is 5.06. The third-order valence-electron chi connectivity index (χ3n) is 3.53. The van der Waals surface area contributed by atoms with Gasteiger partial charge in [0, 0.05) is 39.8 Å². The van der Waals surface area contributed by atoms with Crippen LogP contribution in [0.4, 0.5) is 0 Å². The predicted molar refractivity (Wildman–Crippen MR) is 89.1 cm³/mol. The second-order valence-corrected chi connectivity index (χ2v) is 10.1. The largest absolute Gasteiger partial charge is 0 e. The average molecular weight is 534 g/mol. The Labute approximate surface area is 162 Å². The van der Waals surface area contributed by atoms with Gasteiger partial charge in [0.2, 0.25) is 5.39 Å². The van der Waals surface area contributed by atoms with Gasteiger partial charge in [-0.1, -0.05) is 6.08 Å². The van der Waals surface area contributed by atoms with Crippen LogP contribution in [0.5, 0.6) is 0 Å². The summed E-state index contributed by atoms with van der Waals surface area (Å²) in [6, 6.07) is 0. The van der Waals surface area contributed by atoms with Crippen LogP contribution in [0.2, 0.25) is 0 Å². The Morgan fingerprint density at radius 2 is 1.70 bits per heavy atom. The van der Waals surface area contributed by atoms with Crippen LogP contribution in [-0.2, 0) is 37.9 Å². The third-order valence-corrected chi connectivity index (χ3v) is 8.45. The van der Waals surface area contributed by atoms with Gasteiger partial charge in [-0.2, -0.15) is 0 Å². The minimum absolute atomic E-state index is 0. The van der Waals surface area contributed by atoms with Gasteiger partial charge in [0.1, 0.15) is 0 Å². The summed E-state index contributed by atoms with van der Waals surface area (Å²) in [5.74, 6) is 0. The smallest absolute Gasteiger partial charge is 0 e. The molecule has 0 aromatic carbocycles. The van der Waals surface area contributed by atoms with E-state index in [1.54, 1.807) is 13.0 Å². The number of diazo groups is 1. The number of hydrogen-bond acceptors (Lipinski definition) is 2. The van der Waals surface area contributed by atoms with Crippen LogP contribution in [0.3, 0.4) is 0 Å². The van der Waals surface area contributed by atoms with E-state index in [2.05, 4.69) is 46.7 Å². The van der Waals surface area contributed by atoms with Crippen molar-refractivity contribution in [2.24, 2.45) is 0 Å². The molecule has 0 radical (unpaired) electrons. The Kier molecular flexibility index (Phi) is 8.51. The summed E-state index contributed by atoms with van der Waals surface area (Å²) in [5, 5.41) is 11.6. The van der Waals surface area contributed by atoms with Crippen molar-refractivity contribution in [2.45, 2.75) is 32.4 Å². The first-order valence-corrected chi connectivity index (χ1v) is 11.0. The quantitative estimate of drug-likeness (QED) is 0.398. The van der Waals surface area contributed by atoms with Gasteiger partial charge in [-0.25, -0.2) is 0 Å². The number of nitrogens with one attached hydrogen (secondary N) is 1. The van der Waals surface area contributed by atoms with Gasteiger partial charge in [-0.05, 0) is 13.0 Å². The van der Waals surface area contributed by atoms with Gasteiger partial charge >= 0.3 is 88.8 Å². The zero-order valence-corrected chi connectivity index (χ0v) is 18.5. The maximum Gasteiger partial charge on any atom is 0 e. The van der Waals surface area contributed by atoms with Crippen molar-refractivity contribution in [3.8, 4) is 0 Å². The molecule has 1 N–H and O–H groups in total. The van der Waals surface area contributed by atoms with Crippen molar-refractivity contribution in [2.75, 3.05) is 0 Å². The molecule has 3 nitrogen and oxygen atoms in total. The molecule has 1 unspecified atom stereocenters. The van der Waals surface area contributed by atoms with E-state index < -0.39 is 22.5 Å². The summed E-state index contributed by atoms with van der Waals surface area (Å²) >= 11 is -1.51. The normalized spacial score (nSPS) is 23.5. The Balaban J connectivity index is 0.000000224. The molecule has 0 amide bonds. The number of nitrogens with zero attached hydrogens (tertiary/aromatic N) is 2. The molecule has 1 atom stereocenters. The first-order chi connectivity index (χ1) is 10.5. The first kappa shape index (κ1) is 20.4. The van der Waals surface area contributed by atoms with E-state index in [0.717, 1.165) is 18.5 Å². The van der Waals surface area contributed by atoms with Crippen LogP contribution in [0.1, 0.15) is 26.7 Å². The molecule has 3 aliphatic rings. The number of dihydropyridines is 1. The molecule has 2 aliphatic carbocycles. The van der Waals surface area contributed by atoms with Crippen molar-refractivity contribution >= 4 is 9.30 Å². The molecule has 3 rings (SSSR count). The minimum atomic E-state index is -1.51. The molecule has 1 aliphatic heterocycles. The molecule has 0 fully saturated rings. The van der Waals surface area contributed by atoms with E-state index in [1.165, 1.54) is 7.76 Å². The number of allylic oxidation sites excluding steroid dienone is 11. The molecular formula is C17H20ClN3TiW+. The Bertz CT molecular complexity index is 625. The monoisotopic (exact) mass is 533 g/mol. The molecule has 0 aromatic rings. The fraction of sp³-hybridized carbons (Fsp3) is 0.294. The fourth-order valence-corrected chi connectivity index (χ4v) is 5.83. The first-order valence-electron chi connectivity index (χ1n) is 7.29. The maximum absolute atomic E-state index is 8.55. The molecular weight excluding hydrogens is 513 g/mol. The van der Waals surface area contributed by atoms with Gasteiger partial charge in [0.25, 0.3) is 0 Å². The summed E-state index contributed by atoms with van der Waals surface area (Å²) < 4.78 is 2.98. The Morgan fingerprint density at radius 3 is 2.04 bits per heavy atom. The summed E-state index contributed by atoms with van der Waals surface area (Å²) in [5.41, 5.74) is 0.376. The molecule has 1 heterocycles. The van der Waals surface area contributed by atoms with E-state index in [4.69, 9.17) is 14.7 Å². The molecule has 0 saturated carbocycles. The second kappa shape index (κ2) is 9.60. The van der Waals surface area contributed by atoms with Crippen LogP contribution >= 0.6 is 9.30 Å². The summed E-state index contributed by atoms with van der Waals surface area (Å²) in [6.45, 7) is 3.72. The van der Waals surface area contributed by atoms with E-state index in [1.807, 2.05) is 19.1 Å². The van der Waals surface area contributed by atoms with Crippen molar-refractivity contribution in [1.29, 1.82) is 5.39 Å². The molecule has 0 aromatic heterocycles. The Hall–Kier alpha value is -0.647. The number of halogens is 1. The van der Waals surface area contributed by atoms with Crippen LogP contribution in [0, 0.1) is 5.39 Å². The minimum Gasteiger partial charge on any atom is 0 e. The second-order valence-electron chi connectivity index (χ2n) is 5.54. The summed E-state index contributed by atoms with van der Waals surface area (Å²) in [4.78, 5) is 3.19. The molecule has 6 heteroatoms. The number of rotatable bonds is 2. The molecule has 0 spiro atoms. The fourth-order valence-electron chi connectivity index (χ4n) is 2.35. The summed E-state index contributed by atoms with van der Waals surface area (Å²) in [7, 11) is 6.44. The summed E-state index contributed by atoms with van der Waals surface area (Å²) in [6.07, 6.45) is 20.8. The van der Waals surface area contributed by atoms with Gasteiger partial charge < -0.3 is 5.32 Å². The van der Waals surface area contributed by atoms with Gasteiger partial charge in [0.15, 0.2) is 4.98 Å².